The van der Waals surface area contributed by atoms with Crippen LogP contribution in [0.3, 0.4) is 0 Å². The zero-order valence-corrected chi connectivity index (χ0v) is 11.6. The van der Waals surface area contributed by atoms with Crippen LogP contribution in [-0.4, -0.2) is 27.7 Å². The molecule has 4 N–H and O–H groups in total. The average molecular weight is 304 g/mol. The zero-order valence-electron chi connectivity index (χ0n) is 10.8. The monoisotopic (exact) mass is 304 g/mol. The average Bonchev–Trinajstić information content (AvgIpc) is 2.47. The zero-order chi connectivity index (χ0) is 15.2. The molecule has 0 aliphatic heterocycles. The fourth-order valence-corrected chi connectivity index (χ4v) is 1.51. The summed E-state index contributed by atoms with van der Waals surface area (Å²) in [5.74, 6) is 0.158. The minimum absolute atomic E-state index is 0.114. The highest BCUT2D eigenvalue weighted by Gasteiger charge is 2.07. The van der Waals surface area contributed by atoms with Gasteiger partial charge in [-0.3, -0.25) is 9.59 Å². The van der Waals surface area contributed by atoms with E-state index in [0.717, 1.165) is 0 Å². The van der Waals surface area contributed by atoms with E-state index in [2.05, 4.69) is 15.5 Å². The molecule has 0 radical (unpaired) electrons. The van der Waals surface area contributed by atoms with Gasteiger partial charge in [0.1, 0.15) is 23.0 Å². The number of aromatic nitrogens is 2. The first kappa shape index (κ1) is 14.7. The highest BCUT2D eigenvalue weighted by atomic mass is 32.1. The Morgan fingerprint density at radius 1 is 1.29 bits per heavy atom. The molecule has 21 heavy (non-hydrogen) atoms. The van der Waals surface area contributed by atoms with Gasteiger partial charge in [0.25, 0.3) is 11.5 Å². The van der Waals surface area contributed by atoms with Gasteiger partial charge in [0.2, 0.25) is 0 Å². The normalized spacial score (nSPS) is 9.90. The second kappa shape index (κ2) is 6.62. The van der Waals surface area contributed by atoms with Crippen molar-refractivity contribution < 1.29 is 9.53 Å². The lowest BCUT2D eigenvalue weighted by atomic mass is 10.3. The lowest BCUT2D eigenvalue weighted by Crippen LogP contribution is -2.18. The van der Waals surface area contributed by atoms with Crippen molar-refractivity contribution in [3.8, 4) is 5.75 Å². The van der Waals surface area contributed by atoms with Gasteiger partial charge < -0.3 is 15.8 Å². The second-order valence-corrected chi connectivity index (χ2v) is 4.56. The summed E-state index contributed by atoms with van der Waals surface area (Å²) in [6.07, 6.45) is 0. The predicted molar refractivity (Wildman–Crippen MR) is 81.5 cm³/mol. The minimum atomic E-state index is -0.428. The van der Waals surface area contributed by atoms with Crippen LogP contribution in [0.15, 0.2) is 41.2 Å². The van der Waals surface area contributed by atoms with Gasteiger partial charge in [-0.2, -0.15) is 5.10 Å². The number of rotatable bonds is 5. The fourth-order valence-electron chi connectivity index (χ4n) is 1.46. The quantitative estimate of drug-likeness (QED) is 0.701. The molecule has 0 unspecified atom stereocenters. The van der Waals surface area contributed by atoms with Crippen molar-refractivity contribution in [2.24, 2.45) is 5.73 Å². The Bertz CT molecular complexity index is 692. The molecule has 0 atom stereocenters. The third kappa shape index (κ3) is 4.39. The molecule has 7 nitrogen and oxygen atoms in total. The number of benzene rings is 1. The number of hydrogen-bond donors (Lipinski definition) is 3. The highest BCUT2D eigenvalue weighted by molar-refractivity contribution is 7.80. The maximum Gasteiger partial charge on any atom is 0.276 e. The van der Waals surface area contributed by atoms with E-state index in [1.165, 1.54) is 12.1 Å². The van der Waals surface area contributed by atoms with Crippen LogP contribution in [0.4, 0.5) is 5.69 Å². The van der Waals surface area contributed by atoms with Crippen molar-refractivity contribution in [3.63, 3.8) is 0 Å². The molecule has 0 aliphatic rings. The van der Waals surface area contributed by atoms with E-state index >= 15 is 0 Å². The molecule has 1 amide bonds. The van der Waals surface area contributed by atoms with Gasteiger partial charge in [0, 0.05) is 11.8 Å². The molecule has 0 saturated heterocycles. The third-order valence-corrected chi connectivity index (χ3v) is 2.52. The summed E-state index contributed by atoms with van der Waals surface area (Å²) in [5.41, 5.74) is 5.64. The Hall–Kier alpha value is -2.74. The van der Waals surface area contributed by atoms with Crippen LogP contribution >= 0.6 is 12.2 Å². The maximum atomic E-state index is 11.9. The highest BCUT2D eigenvalue weighted by Crippen LogP contribution is 2.16. The Morgan fingerprint density at radius 2 is 2.00 bits per heavy atom. The van der Waals surface area contributed by atoms with Crippen molar-refractivity contribution in [1.82, 2.24) is 10.2 Å². The number of aromatic amines is 1. The van der Waals surface area contributed by atoms with Gasteiger partial charge >= 0.3 is 0 Å². The summed E-state index contributed by atoms with van der Waals surface area (Å²) in [7, 11) is 0. The van der Waals surface area contributed by atoms with E-state index in [0.29, 0.717) is 11.4 Å². The topological polar surface area (TPSA) is 110 Å². The number of carbonyl (C=O) groups is 1. The fraction of sp³-hybridized carbons (Fsp3) is 0.0769. The van der Waals surface area contributed by atoms with E-state index in [-0.39, 0.29) is 22.8 Å². The lowest BCUT2D eigenvalue weighted by molar-refractivity contribution is 0.102. The van der Waals surface area contributed by atoms with Crippen LogP contribution in [0, 0.1) is 0 Å². The number of nitrogens with zero attached hydrogens (tertiary/aromatic N) is 1. The minimum Gasteiger partial charge on any atom is -0.487 e. The van der Waals surface area contributed by atoms with Crippen LogP contribution in [0.2, 0.25) is 0 Å². The molecule has 1 heterocycles. The number of ether oxygens (including phenoxy) is 1. The molecular formula is C13H12N4O3S. The first-order valence-electron chi connectivity index (χ1n) is 5.93. The van der Waals surface area contributed by atoms with Gasteiger partial charge in [0.05, 0.1) is 0 Å². The van der Waals surface area contributed by atoms with Crippen LogP contribution in [-0.2, 0) is 0 Å². The molecule has 8 heteroatoms. The number of amides is 1. The molecule has 0 fully saturated rings. The van der Waals surface area contributed by atoms with Crippen LogP contribution in [0.5, 0.6) is 5.75 Å². The van der Waals surface area contributed by atoms with Crippen molar-refractivity contribution in [1.29, 1.82) is 0 Å². The second-order valence-electron chi connectivity index (χ2n) is 4.04. The van der Waals surface area contributed by atoms with Gasteiger partial charge in [-0.05, 0) is 30.3 Å². The Kier molecular flexibility index (Phi) is 4.62. The summed E-state index contributed by atoms with van der Waals surface area (Å²) < 4.78 is 5.29. The third-order valence-electron chi connectivity index (χ3n) is 2.41. The predicted octanol–water partition coefficient (Wildman–Crippen LogP) is 0.687. The smallest absolute Gasteiger partial charge is 0.276 e. The van der Waals surface area contributed by atoms with Gasteiger partial charge in [-0.15, -0.1) is 0 Å². The first-order valence-corrected chi connectivity index (χ1v) is 6.33. The van der Waals surface area contributed by atoms with Crippen molar-refractivity contribution in [2.75, 3.05) is 11.9 Å². The molecule has 2 rings (SSSR count). The van der Waals surface area contributed by atoms with E-state index in [4.69, 9.17) is 22.7 Å². The van der Waals surface area contributed by atoms with E-state index < -0.39 is 5.91 Å². The molecule has 0 bridgehead atoms. The van der Waals surface area contributed by atoms with Gasteiger partial charge in [-0.25, -0.2) is 5.10 Å². The van der Waals surface area contributed by atoms with Crippen molar-refractivity contribution >= 4 is 28.8 Å². The number of nitrogens with two attached hydrogens (primary N) is 1. The molecular weight excluding hydrogens is 292 g/mol. The first-order chi connectivity index (χ1) is 10.0. The Balaban J connectivity index is 1.99. The largest absolute Gasteiger partial charge is 0.487 e. The van der Waals surface area contributed by atoms with Crippen molar-refractivity contribution in [2.45, 2.75) is 0 Å². The number of carbonyl (C=O) groups excluding carboxylic acids is 1. The van der Waals surface area contributed by atoms with Gasteiger partial charge in [-0.1, -0.05) is 12.2 Å². The summed E-state index contributed by atoms with van der Waals surface area (Å²) in [6.45, 7) is 0.155. The maximum absolute atomic E-state index is 11.9. The number of anilines is 1. The molecule has 0 spiro atoms. The van der Waals surface area contributed by atoms with E-state index in [9.17, 15) is 9.59 Å². The van der Waals surface area contributed by atoms with Crippen LogP contribution in [0.25, 0.3) is 0 Å². The summed E-state index contributed by atoms with van der Waals surface area (Å²) in [6, 6.07) is 9.25. The number of hydrogen-bond acceptors (Lipinski definition) is 5. The van der Waals surface area contributed by atoms with Gasteiger partial charge in [0.15, 0.2) is 0 Å². The molecule has 0 aliphatic carbocycles. The van der Waals surface area contributed by atoms with Crippen molar-refractivity contribution in [3.05, 3.63) is 52.4 Å². The number of thiocarbonyl (C=S) groups is 1. The lowest BCUT2D eigenvalue weighted by Gasteiger charge is -2.07. The van der Waals surface area contributed by atoms with E-state index in [1.807, 2.05) is 0 Å². The SMILES string of the molecule is NC(=S)COc1ccc(NC(=O)c2ccc(=O)[nH]n2)cc1. The molecule has 2 aromatic rings. The Morgan fingerprint density at radius 3 is 2.57 bits per heavy atom. The molecule has 0 saturated carbocycles. The molecule has 1 aromatic carbocycles. The van der Waals surface area contributed by atoms with Crippen LogP contribution < -0.4 is 21.3 Å². The summed E-state index contributed by atoms with van der Waals surface area (Å²) >= 11 is 4.70. The number of H-pyrrole nitrogens is 1. The standard InChI is InChI=1S/C13H12N4O3S/c14-11(21)7-20-9-3-1-8(2-4-9)15-13(19)10-5-6-12(18)17-16-10/h1-6H,7H2,(H2,14,21)(H,15,19)(H,17,18). The molecule has 108 valence electrons. The van der Waals surface area contributed by atoms with Crippen LogP contribution in [0.1, 0.15) is 10.5 Å². The number of nitrogens with one attached hydrogen (secondary N) is 2. The molecule has 1 aromatic heterocycles. The Labute approximate surface area is 125 Å². The van der Waals surface area contributed by atoms with E-state index in [1.54, 1.807) is 24.3 Å². The summed E-state index contributed by atoms with van der Waals surface area (Å²) in [5, 5.41) is 8.47. The summed E-state index contributed by atoms with van der Waals surface area (Å²) in [4.78, 5) is 23.0.